The Labute approximate surface area is 82.2 Å². The highest BCUT2D eigenvalue weighted by Gasteiger charge is 2.05. The van der Waals surface area contributed by atoms with E-state index in [4.69, 9.17) is 0 Å². The molecule has 0 saturated heterocycles. The van der Waals surface area contributed by atoms with Gasteiger partial charge in [-0.15, -0.1) is 0 Å². The Morgan fingerprint density at radius 2 is 2.00 bits per heavy atom. The van der Waals surface area contributed by atoms with Crippen molar-refractivity contribution < 1.29 is 4.39 Å². The van der Waals surface area contributed by atoms with Crippen LogP contribution in [0.5, 0.6) is 0 Å². The summed E-state index contributed by atoms with van der Waals surface area (Å²) < 4.78 is 13.7. The van der Waals surface area contributed by atoms with Crippen LogP contribution in [0.15, 0.2) is 42.7 Å². The van der Waals surface area contributed by atoms with E-state index in [9.17, 15) is 4.39 Å². The second kappa shape index (κ2) is 3.58. The van der Waals surface area contributed by atoms with Crippen LogP contribution in [0.3, 0.4) is 0 Å². The third-order valence-corrected chi connectivity index (χ3v) is 2.16. The lowest BCUT2D eigenvalue weighted by atomic mass is 10.0. The molecule has 0 atom stereocenters. The van der Waals surface area contributed by atoms with Crippen molar-refractivity contribution >= 4 is 0 Å². The van der Waals surface area contributed by atoms with Crippen LogP contribution >= 0.6 is 0 Å². The van der Waals surface area contributed by atoms with Gasteiger partial charge in [0.15, 0.2) is 0 Å². The van der Waals surface area contributed by atoms with Crippen molar-refractivity contribution in [1.82, 2.24) is 4.98 Å². The summed E-state index contributed by atoms with van der Waals surface area (Å²) in [5.41, 5.74) is 2.08. The highest BCUT2D eigenvalue weighted by Crippen LogP contribution is 2.23. The fraction of sp³-hybridized carbons (Fsp3) is 0.0833. The molecule has 0 fully saturated rings. The van der Waals surface area contributed by atoms with Crippen molar-refractivity contribution in [3.63, 3.8) is 0 Å². The number of hydrogen-bond acceptors (Lipinski definition) is 1. The summed E-state index contributed by atoms with van der Waals surface area (Å²) in [6, 6.07) is 9.03. The first-order valence-electron chi connectivity index (χ1n) is 4.44. The Balaban J connectivity index is 2.58. The molecule has 2 aromatic rings. The SMILES string of the molecule is Cc1cccc(-c2cccnc2)c1F. The number of halogens is 1. The van der Waals surface area contributed by atoms with Crippen molar-refractivity contribution in [2.75, 3.05) is 0 Å². The van der Waals surface area contributed by atoms with Crippen LogP contribution in [0.1, 0.15) is 5.56 Å². The van der Waals surface area contributed by atoms with E-state index in [0.717, 1.165) is 5.56 Å². The molecule has 70 valence electrons. The molecule has 0 amide bonds. The number of pyridine rings is 1. The van der Waals surface area contributed by atoms with Gasteiger partial charge in [0.25, 0.3) is 0 Å². The van der Waals surface area contributed by atoms with E-state index >= 15 is 0 Å². The van der Waals surface area contributed by atoms with Gasteiger partial charge < -0.3 is 0 Å². The second-order valence-electron chi connectivity index (χ2n) is 3.18. The van der Waals surface area contributed by atoms with Gasteiger partial charge in [0, 0.05) is 23.5 Å². The predicted molar refractivity (Wildman–Crippen MR) is 54.4 cm³/mol. The Kier molecular flexibility index (Phi) is 2.27. The molecule has 14 heavy (non-hydrogen) atoms. The van der Waals surface area contributed by atoms with Gasteiger partial charge in [-0.05, 0) is 18.6 Å². The maximum Gasteiger partial charge on any atom is 0.133 e. The van der Waals surface area contributed by atoms with Gasteiger partial charge in [0.1, 0.15) is 5.82 Å². The van der Waals surface area contributed by atoms with E-state index in [1.54, 1.807) is 37.5 Å². The van der Waals surface area contributed by atoms with Gasteiger partial charge in [0.2, 0.25) is 0 Å². The molecule has 1 heterocycles. The van der Waals surface area contributed by atoms with E-state index in [1.165, 1.54) is 0 Å². The topological polar surface area (TPSA) is 12.9 Å². The fourth-order valence-corrected chi connectivity index (χ4v) is 1.39. The molecular weight excluding hydrogens is 177 g/mol. The van der Waals surface area contributed by atoms with Crippen LogP contribution in [0, 0.1) is 12.7 Å². The summed E-state index contributed by atoms with van der Waals surface area (Å²) in [5, 5.41) is 0. The van der Waals surface area contributed by atoms with Crippen molar-refractivity contribution in [2.24, 2.45) is 0 Å². The van der Waals surface area contributed by atoms with Crippen molar-refractivity contribution in [2.45, 2.75) is 6.92 Å². The van der Waals surface area contributed by atoms with Crippen LogP contribution in [0.25, 0.3) is 11.1 Å². The average Bonchev–Trinajstić information content (AvgIpc) is 2.23. The highest BCUT2D eigenvalue weighted by molar-refractivity contribution is 5.63. The molecule has 2 rings (SSSR count). The van der Waals surface area contributed by atoms with Gasteiger partial charge in [0.05, 0.1) is 0 Å². The van der Waals surface area contributed by atoms with Gasteiger partial charge in [-0.3, -0.25) is 4.98 Å². The van der Waals surface area contributed by atoms with Gasteiger partial charge in [-0.1, -0.05) is 24.3 Å². The number of rotatable bonds is 1. The number of aromatic nitrogens is 1. The van der Waals surface area contributed by atoms with Gasteiger partial charge in [-0.25, -0.2) is 4.39 Å². The predicted octanol–water partition coefficient (Wildman–Crippen LogP) is 3.20. The summed E-state index contributed by atoms with van der Waals surface area (Å²) >= 11 is 0. The number of hydrogen-bond donors (Lipinski definition) is 0. The highest BCUT2D eigenvalue weighted by atomic mass is 19.1. The van der Waals surface area contributed by atoms with E-state index in [2.05, 4.69) is 4.98 Å². The molecule has 0 saturated carbocycles. The molecule has 1 aromatic heterocycles. The molecule has 0 unspecified atom stereocenters. The molecule has 0 spiro atoms. The largest absolute Gasteiger partial charge is 0.264 e. The standard InChI is InChI=1S/C12H10FN/c1-9-4-2-6-11(12(9)13)10-5-3-7-14-8-10/h2-8H,1H3. The van der Waals surface area contributed by atoms with Crippen LogP contribution < -0.4 is 0 Å². The number of aryl methyl sites for hydroxylation is 1. The van der Waals surface area contributed by atoms with Crippen LogP contribution in [-0.2, 0) is 0 Å². The van der Waals surface area contributed by atoms with Gasteiger partial charge in [-0.2, -0.15) is 0 Å². The molecule has 0 radical (unpaired) electrons. The molecule has 0 bridgehead atoms. The normalized spacial score (nSPS) is 10.1. The van der Waals surface area contributed by atoms with E-state index < -0.39 is 0 Å². The third-order valence-electron chi connectivity index (χ3n) is 2.16. The zero-order chi connectivity index (χ0) is 9.97. The molecule has 1 aromatic carbocycles. The van der Waals surface area contributed by atoms with Crippen molar-refractivity contribution in [1.29, 1.82) is 0 Å². The van der Waals surface area contributed by atoms with Crippen molar-refractivity contribution in [3.8, 4) is 11.1 Å². The minimum absolute atomic E-state index is 0.166. The summed E-state index contributed by atoms with van der Waals surface area (Å²) in [6.07, 6.45) is 3.34. The fourth-order valence-electron chi connectivity index (χ4n) is 1.39. The Morgan fingerprint density at radius 1 is 1.14 bits per heavy atom. The van der Waals surface area contributed by atoms with E-state index in [0.29, 0.717) is 11.1 Å². The lowest BCUT2D eigenvalue weighted by molar-refractivity contribution is 0.622. The molecule has 0 aliphatic heterocycles. The second-order valence-corrected chi connectivity index (χ2v) is 3.18. The monoisotopic (exact) mass is 187 g/mol. The lowest BCUT2D eigenvalue weighted by Crippen LogP contribution is -1.88. The van der Waals surface area contributed by atoms with E-state index in [-0.39, 0.29) is 5.82 Å². The maximum atomic E-state index is 13.7. The first-order valence-corrected chi connectivity index (χ1v) is 4.44. The first-order chi connectivity index (χ1) is 6.79. The smallest absolute Gasteiger partial charge is 0.133 e. The zero-order valence-corrected chi connectivity index (χ0v) is 7.87. The average molecular weight is 187 g/mol. The van der Waals surface area contributed by atoms with Crippen LogP contribution in [0.2, 0.25) is 0 Å². The van der Waals surface area contributed by atoms with Gasteiger partial charge >= 0.3 is 0 Å². The Hall–Kier alpha value is -1.70. The quantitative estimate of drug-likeness (QED) is 0.668. The molecule has 0 aliphatic carbocycles. The summed E-state index contributed by atoms with van der Waals surface area (Å²) in [5.74, 6) is -0.166. The lowest BCUT2D eigenvalue weighted by Gasteiger charge is -2.04. The minimum atomic E-state index is -0.166. The summed E-state index contributed by atoms with van der Waals surface area (Å²) in [7, 11) is 0. The third kappa shape index (κ3) is 1.51. The minimum Gasteiger partial charge on any atom is -0.264 e. The molecule has 0 N–H and O–H groups in total. The van der Waals surface area contributed by atoms with Crippen LogP contribution in [-0.4, -0.2) is 4.98 Å². The Morgan fingerprint density at radius 3 is 2.71 bits per heavy atom. The summed E-state index contributed by atoms with van der Waals surface area (Å²) in [4.78, 5) is 3.97. The molecule has 0 aliphatic rings. The Bertz CT molecular complexity index is 437. The maximum absolute atomic E-state index is 13.7. The molecule has 2 heteroatoms. The number of benzene rings is 1. The van der Waals surface area contributed by atoms with Crippen molar-refractivity contribution in [3.05, 3.63) is 54.1 Å². The zero-order valence-electron chi connectivity index (χ0n) is 7.87. The first kappa shape index (κ1) is 8.88. The summed E-state index contributed by atoms with van der Waals surface area (Å²) in [6.45, 7) is 1.76. The number of nitrogens with zero attached hydrogens (tertiary/aromatic N) is 1. The molecular formula is C12H10FN. The molecule has 1 nitrogen and oxygen atoms in total. The van der Waals surface area contributed by atoms with E-state index in [1.807, 2.05) is 12.1 Å². The van der Waals surface area contributed by atoms with Crippen LogP contribution in [0.4, 0.5) is 4.39 Å².